The molecule has 0 N–H and O–H groups in total. The summed E-state index contributed by atoms with van der Waals surface area (Å²) in [5.74, 6) is 1.03. The molecular formula is C47H43N2PS+2. The van der Waals surface area contributed by atoms with Crippen molar-refractivity contribution in [2.75, 3.05) is 11.9 Å². The summed E-state index contributed by atoms with van der Waals surface area (Å²) in [6.07, 6.45) is 4.58. The summed E-state index contributed by atoms with van der Waals surface area (Å²) in [6.45, 7) is 3.95. The van der Waals surface area contributed by atoms with Gasteiger partial charge >= 0.3 is 5.16 Å². The van der Waals surface area contributed by atoms with Gasteiger partial charge in [0.25, 0.3) is 0 Å². The van der Waals surface area contributed by atoms with Gasteiger partial charge in [-0.1, -0.05) is 127 Å². The van der Waals surface area contributed by atoms with Gasteiger partial charge < -0.3 is 0 Å². The fourth-order valence-corrected chi connectivity index (χ4v) is 13.2. The Morgan fingerprint density at radius 1 is 0.529 bits per heavy atom. The lowest BCUT2D eigenvalue weighted by molar-refractivity contribution is -0.725. The Labute approximate surface area is 306 Å². The number of thioether (sulfide) groups is 1. The molecule has 0 saturated carbocycles. The molecule has 8 rings (SSSR count). The van der Waals surface area contributed by atoms with E-state index in [1.165, 1.54) is 59.4 Å². The molecule has 0 atom stereocenters. The van der Waals surface area contributed by atoms with Crippen molar-refractivity contribution in [1.82, 2.24) is 4.57 Å². The molecule has 4 heteroatoms. The van der Waals surface area contributed by atoms with Gasteiger partial charge in [0.2, 0.25) is 0 Å². The van der Waals surface area contributed by atoms with E-state index in [4.69, 9.17) is 0 Å². The summed E-state index contributed by atoms with van der Waals surface area (Å²) < 4.78 is 5.02. The Hall–Kier alpha value is -4.95. The minimum absolute atomic E-state index is 0.841. The smallest absolute Gasteiger partial charge is 0.220 e. The molecule has 0 aliphatic carbocycles. The van der Waals surface area contributed by atoms with Gasteiger partial charge in [-0.2, -0.15) is 0 Å². The first kappa shape index (κ1) is 33.2. The molecule has 0 bridgehead atoms. The molecule has 2 nitrogen and oxygen atoms in total. The van der Waals surface area contributed by atoms with E-state index in [0.717, 1.165) is 31.4 Å². The van der Waals surface area contributed by atoms with Crippen molar-refractivity contribution in [3.05, 3.63) is 199 Å². The lowest BCUT2D eigenvalue weighted by atomic mass is 10.1. The third-order valence-corrected chi connectivity index (χ3v) is 15.8. The summed E-state index contributed by atoms with van der Waals surface area (Å²) in [5, 5.41) is 10.8. The number of benzene rings is 7. The molecule has 0 radical (unpaired) electrons. The van der Waals surface area contributed by atoms with Crippen LogP contribution in [0.5, 0.6) is 0 Å². The number of hydrogen-bond donors (Lipinski definition) is 0. The number of aromatic nitrogens is 2. The highest BCUT2D eigenvalue weighted by Crippen LogP contribution is 2.56. The van der Waals surface area contributed by atoms with Gasteiger partial charge in [0.15, 0.2) is 0 Å². The van der Waals surface area contributed by atoms with Crippen LogP contribution < -0.4 is 20.5 Å². The number of hydrogen-bond acceptors (Lipinski definition) is 1. The first-order valence-corrected chi connectivity index (χ1v) is 20.9. The van der Waals surface area contributed by atoms with Gasteiger partial charge in [-0.3, -0.25) is 0 Å². The number of aryl methyl sites for hydroxylation is 1. The molecular weight excluding hydrogens is 656 g/mol. The fraction of sp³-hybridized carbons (Fsp3) is 0.128. The van der Waals surface area contributed by atoms with Gasteiger partial charge in [-0.25, -0.2) is 9.13 Å². The molecule has 0 fully saturated rings. The molecule has 0 amide bonds. The van der Waals surface area contributed by atoms with Crippen molar-refractivity contribution in [2.45, 2.75) is 31.6 Å². The Morgan fingerprint density at radius 3 is 1.55 bits per heavy atom. The first-order chi connectivity index (χ1) is 25.2. The molecule has 0 unspecified atom stereocenters. The van der Waals surface area contributed by atoms with E-state index in [1.54, 1.807) is 0 Å². The van der Waals surface area contributed by atoms with Crippen molar-refractivity contribution < 1.29 is 4.57 Å². The fourth-order valence-electron chi connectivity index (χ4n) is 7.52. The molecule has 0 aliphatic heterocycles. The Kier molecular flexibility index (Phi) is 9.84. The van der Waals surface area contributed by atoms with E-state index in [1.807, 2.05) is 11.8 Å². The SMILES string of the molecule is Cc1c[n+](Cc2ccc3ccccc3c2)c(SCCC[P+](c2ccccc2)(c2ccccc2)c2ccccc2)n1Cc1ccc2ccccc2c1. The minimum atomic E-state index is -1.88. The summed E-state index contributed by atoms with van der Waals surface area (Å²) in [5.41, 5.74) is 3.94. The molecule has 1 aromatic heterocycles. The zero-order valence-electron chi connectivity index (χ0n) is 29.1. The van der Waals surface area contributed by atoms with Crippen LogP contribution in [0.15, 0.2) is 187 Å². The highest BCUT2D eigenvalue weighted by molar-refractivity contribution is 7.99. The highest BCUT2D eigenvalue weighted by atomic mass is 32.2. The normalized spacial score (nSPS) is 11.7. The molecule has 1 heterocycles. The van der Waals surface area contributed by atoms with Crippen molar-refractivity contribution in [1.29, 1.82) is 0 Å². The standard InChI is InChI=1S/C47H43N2PS/c1-37-34-48(35-38-26-28-40-16-11-13-18-42(40)32-38)47(49(37)36-39-27-29-41-17-12-14-19-43(41)33-39)51-31-15-30-50(44-20-5-2-6-21-44,45-22-7-3-8-23-45)46-24-9-4-10-25-46/h2-14,16-29,32-34H,15,30-31,35-36H2,1H3/q+2. The molecule has 0 saturated heterocycles. The van der Waals surface area contributed by atoms with Crippen molar-refractivity contribution >= 4 is 56.5 Å². The maximum Gasteiger partial charge on any atom is 0.318 e. The summed E-state index contributed by atoms with van der Waals surface area (Å²) >= 11 is 2.01. The second-order valence-corrected chi connectivity index (χ2v) is 18.1. The lowest BCUT2D eigenvalue weighted by Crippen LogP contribution is -2.35. The monoisotopic (exact) mass is 698 g/mol. The second kappa shape index (κ2) is 15.1. The van der Waals surface area contributed by atoms with Gasteiger partial charge in [-0.05, 0) is 99.4 Å². The summed E-state index contributed by atoms with van der Waals surface area (Å²) in [6, 6.07) is 65.0. The van der Waals surface area contributed by atoms with Gasteiger partial charge in [0.1, 0.15) is 48.2 Å². The zero-order chi connectivity index (χ0) is 34.5. The predicted octanol–water partition coefficient (Wildman–Crippen LogP) is 9.96. The van der Waals surface area contributed by atoms with E-state index >= 15 is 0 Å². The van der Waals surface area contributed by atoms with E-state index in [9.17, 15) is 0 Å². The van der Waals surface area contributed by atoms with E-state index in [0.29, 0.717) is 0 Å². The number of fused-ring (bicyclic) bond motifs is 2. The summed E-state index contributed by atoms with van der Waals surface area (Å²) in [4.78, 5) is 0. The molecule has 51 heavy (non-hydrogen) atoms. The maximum atomic E-state index is 2.53. The van der Waals surface area contributed by atoms with Crippen molar-refractivity contribution in [3.8, 4) is 0 Å². The topological polar surface area (TPSA) is 8.81 Å². The van der Waals surface area contributed by atoms with Crippen molar-refractivity contribution in [2.24, 2.45) is 0 Å². The van der Waals surface area contributed by atoms with E-state index < -0.39 is 7.26 Å². The van der Waals surface area contributed by atoms with Crippen LogP contribution in [0.4, 0.5) is 0 Å². The third-order valence-electron chi connectivity index (χ3n) is 10.0. The van der Waals surface area contributed by atoms with Crippen LogP contribution in [-0.2, 0) is 13.1 Å². The average Bonchev–Trinajstić information content (AvgIpc) is 3.48. The lowest BCUT2D eigenvalue weighted by Gasteiger charge is -2.27. The quantitative estimate of drug-likeness (QED) is 0.0534. The van der Waals surface area contributed by atoms with Crippen LogP contribution in [0.25, 0.3) is 21.5 Å². The maximum absolute atomic E-state index is 2.53. The van der Waals surface area contributed by atoms with Gasteiger partial charge in [0.05, 0.1) is 6.16 Å². The van der Waals surface area contributed by atoms with Gasteiger partial charge in [-0.15, -0.1) is 0 Å². The zero-order valence-corrected chi connectivity index (χ0v) is 30.8. The van der Waals surface area contributed by atoms with Gasteiger partial charge in [0, 0.05) is 12.7 Å². The van der Waals surface area contributed by atoms with E-state index in [2.05, 4.69) is 198 Å². The third kappa shape index (κ3) is 7.02. The first-order valence-electron chi connectivity index (χ1n) is 17.9. The number of rotatable bonds is 12. The highest BCUT2D eigenvalue weighted by Gasteiger charge is 2.44. The van der Waals surface area contributed by atoms with Crippen LogP contribution in [0.1, 0.15) is 23.2 Å². The van der Waals surface area contributed by atoms with Crippen LogP contribution in [-0.4, -0.2) is 16.5 Å². The molecule has 7 aromatic carbocycles. The minimum Gasteiger partial charge on any atom is -0.220 e. The van der Waals surface area contributed by atoms with Crippen LogP contribution in [0, 0.1) is 6.92 Å². The molecule has 250 valence electrons. The van der Waals surface area contributed by atoms with Crippen molar-refractivity contribution in [3.63, 3.8) is 0 Å². The molecule has 0 aliphatic rings. The number of imidazole rings is 1. The Morgan fingerprint density at radius 2 is 1.00 bits per heavy atom. The predicted molar refractivity (Wildman–Crippen MR) is 221 cm³/mol. The second-order valence-electron chi connectivity index (χ2n) is 13.4. The summed E-state index contributed by atoms with van der Waals surface area (Å²) in [7, 11) is -1.88. The van der Waals surface area contributed by atoms with Crippen LogP contribution >= 0.6 is 19.0 Å². The average molecular weight is 699 g/mol. The van der Waals surface area contributed by atoms with E-state index in [-0.39, 0.29) is 0 Å². The van der Waals surface area contributed by atoms with Crippen LogP contribution in [0.2, 0.25) is 0 Å². The molecule has 0 spiro atoms. The largest absolute Gasteiger partial charge is 0.318 e. The van der Waals surface area contributed by atoms with Crippen LogP contribution in [0.3, 0.4) is 0 Å². The Balaban J connectivity index is 1.13. The Bertz CT molecular complexity index is 2290. The number of nitrogens with zero attached hydrogens (tertiary/aromatic N) is 2. The molecule has 8 aromatic rings.